The Bertz CT molecular complexity index is 625. The molecule has 0 atom stereocenters. The van der Waals surface area contributed by atoms with Gasteiger partial charge in [0.2, 0.25) is 0 Å². The van der Waals surface area contributed by atoms with Gasteiger partial charge in [-0.05, 0) is 57.9 Å². The van der Waals surface area contributed by atoms with E-state index in [-0.39, 0.29) is 0 Å². The molecular weight excluding hydrogens is 196 g/mol. The molecule has 0 aliphatic carbocycles. The van der Waals surface area contributed by atoms with Crippen molar-refractivity contribution in [3.8, 4) is 0 Å². The quantitative estimate of drug-likeness (QED) is 0.502. The lowest BCUT2D eigenvalue weighted by atomic mass is 10.0. The molecule has 3 rings (SSSR count). The zero-order chi connectivity index (χ0) is 11.1. The van der Waals surface area contributed by atoms with E-state index in [0.29, 0.717) is 11.4 Å². The molecule has 0 bridgehead atoms. The average molecular weight is 206 g/mol. The minimum Gasteiger partial charge on any atom is -0.301 e. The van der Waals surface area contributed by atoms with Crippen molar-refractivity contribution in [1.82, 2.24) is 11.5 Å². The van der Waals surface area contributed by atoms with E-state index in [0.717, 1.165) is 21.5 Å². The molecule has 0 aromatic heterocycles. The first-order valence-corrected chi connectivity index (χ1v) is 5.13. The Labute approximate surface area is 93.5 Å². The van der Waals surface area contributed by atoms with E-state index in [1.165, 1.54) is 0 Å². The van der Waals surface area contributed by atoms with Crippen LogP contribution in [0.4, 0.5) is 11.4 Å². The molecule has 0 heterocycles. The van der Waals surface area contributed by atoms with E-state index >= 15 is 0 Å². The molecule has 0 amide bonds. The molecule has 0 aliphatic heterocycles. The van der Waals surface area contributed by atoms with Crippen molar-refractivity contribution < 1.29 is 0 Å². The third-order valence-electron chi connectivity index (χ3n) is 2.80. The Morgan fingerprint density at radius 1 is 0.500 bits per heavy atom. The first kappa shape index (κ1) is 9.04. The summed E-state index contributed by atoms with van der Waals surface area (Å²) in [4.78, 5) is 0. The Morgan fingerprint density at radius 3 is 1.38 bits per heavy atom. The second-order valence-corrected chi connectivity index (χ2v) is 3.98. The maximum atomic E-state index is 7.59. The molecule has 3 aromatic carbocycles. The second-order valence-electron chi connectivity index (χ2n) is 3.98. The van der Waals surface area contributed by atoms with Crippen molar-refractivity contribution in [3.05, 3.63) is 48.5 Å². The minimum atomic E-state index is 0.531. The summed E-state index contributed by atoms with van der Waals surface area (Å²) in [5, 5.41) is 4.40. The van der Waals surface area contributed by atoms with Gasteiger partial charge in [0.05, 0.1) is 11.4 Å². The van der Waals surface area contributed by atoms with Crippen LogP contribution in [-0.4, -0.2) is 0 Å². The molecule has 3 aromatic rings. The highest BCUT2D eigenvalue weighted by molar-refractivity contribution is 5.99. The van der Waals surface area contributed by atoms with Crippen molar-refractivity contribution in [2.75, 3.05) is 0 Å². The molecule has 0 spiro atoms. The summed E-state index contributed by atoms with van der Waals surface area (Å²) in [5.74, 6) is 0. The van der Waals surface area contributed by atoms with Gasteiger partial charge in [-0.15, -0.1) is 0 Å². The Balaban J connectivity index is 2.44. The highest BCUT2D eigenvalue weighted by Crippen LogP contribution is 2.26. The predicted molar refractivity (Wildman–Crippen MR) is 67.0 cm³/mol. The van der Waals surface area contributed by atoms with E-state index in [4.69, 9.17) is 11.5 Å². The summed E-state index contributed by atoms with van der Waals surface area (Å²) in [6.07, 6.45) is 0. The number of hydrogen-bond acceptors (Lipinski definition) is 0. The van der Waals surface area contributed by atoms with Crippen molar-refractivity contribution in [2.45, 2.75) is 0 Å². The highest BCUT2D eigenvalue weighted by Gasteiger charge is 1.99. The van der Waals surface area contributed by atoms with Crippen LogP contribution >= 0.6 is 0 Å². The molecule has 2 radical (unpaired) electrons. The molecule has 0 saturated heterocycles. The van der Waals surface area contributed by atoms with Crippen LogP contribution in [0.1, 0.15) is 0 Å². The maximum absolute atomic E-state index is 7.59. The largest absolute Gasteiger partial charge is 0.301 e. The molecule has 16 heavy (non-hydrogen) atoms. The maximum Gasteiger partial charge on any atom is 0.0546 e. The first-order valence-electron chi connectivity index (χ1n) is 5.13. The standard InChI is InChI=1S/C14H10N2/c15-13-3-1-9-5-12-8-14(16)4-2-10(12)6-11(9)7-13/h1-8,15-16H. The molecule has 2 nitrogen and oxygen atoms in total. The zero-order valence-corrected chi connectivity index (χ0v) is 8.62. The molecule has 0 aliphatic rings. The van der Waals surface area contributed by atoms with Crippen LogP contribution < -0.4 is 11.5 Å². The van der Waals surface area contributed by atoms with Gasteiger partial charge in [0, 0.05) is 0 Å². The lowest BCUT2D eigenvalue weighted by molar-refractivity contribution is 1.50. The number of rotatable bonds is 0. The number of nitrogens with one attached hydrogen (secondary N) is 2. The third kappa shape index (κ3) is 1.36. The summed E-state index contributed by atoms with van der Waals surface area (Å²) in [6, 6.07) is 15.4. The van der Waals surface area contributed by atoms with Crippen LogP contribution in [0.3, 0.4) is 0 Å². The fourth-order valence-electron chi connectivity index (χ4n) is 2.00. The fourth-order valence-corrected chi connectivity index (χ4v) is 2.00. The smallest absolute Gasteiger partial charge is 0.0546 e. The molecule has 0 fully saturated rings. The number of fused-ring (bicyclic) bond motifs is 2. The van der Waals surface area contributed by atoms with E-state index in [2.05, 4.69) is 12.1 Å². The van der Waals surface area contributed by atoms with Crippen molar-refractivity contribution in [1.29, 1.82) is 0 Å². The third-order valence-corrected chi connectivity index (χ3v) is 2.80. The van der Waals surface area contributed by atoms with Crippen molar-refractivity contribution in [2.24, 2.45) is 0 Å². The number of hydrogen-bond donors (Lipinski definition) is 0. The van der Waals surface area contributed by atoms with Crippen LogP contribution in [0.25, 0.3) is 21.5 Å². The lowest BCUT2D eigenvalue weighted by Crippen LogP contribution is -1.78. The minimum absolute atomic E-state index is 0.531. The van der Waals surface area contributed by atoms with Gasteiger partial charge < -0.3 is 11.5 Å². The van der Waals surface area contributed by atoms with Gasteiger partial charge in [-0.1, -0.05) is 12.1 Å². The molecule has 2 N–H and O–H groups in total. The highest BCUT2D eigenvalue weighted by atomic mass is 14.5. The van der Waals surface area contributed by atoms with E-state index in [1.807, 2.05) is 24.3 Å². The Hall–Kier alpha value is -2.22. The normalized spacial score (nSPS) is 11.0. The van der Waals surface area contributed by atoms with Crippen LogP contribution in [0.2, 0.25) is 0 Å². The van der Waals surface area contributed by atoms with Gasteiger partial charge in [-0.3, -0.25) is 0 Å². The fraction of sp³-hybridized carbons (Fsp3) is 0. The van der Waals surface area contributed by atoms with Crippen LogP contribution in [0.15, 0.2) is 48.5 Å². The Kier molecular flexibility index (Phi) is 1.77. The summed E-state index contributed by atoms with van der Waals surface area (Å²) >= 11 is 0. The molecule has 2 heteroatoms. The van der Waals surface area contributed by atoms with Gasteiger partial charge in [-0.2, -0.15) is 0 Å². The summed E-state index contributed by atoms with van der Waals surface area (Å²) < 4.78 is 0. The molecule has 76 valence electrons. The topological polar surface area (TPSA) is 47.6 Å². The SMILES string of the molecule is [NH]c1ccc2cc3cc([NH])ccc3cc2c1. The van der Waals surface area contributed by atoms with E-state index in [9.17, 15) is 0 Å². The molecular formula is C14H10N2. The predicted octanol–water partition coefficient (Wildman–Crippen LogP) is 3.82. The van der Waals surface area contributed by atoms with Gasteiger partial charge >= 0.3 is 0 Å². The van der Waals surface area contributed by atoms with Crippen LogP contribution in [0.5, 0.6) is 0 Å². The lowest BCUT2D eigenvalue weighted by Gasteiger charge is -2.03. The average Bonchev–Trinajstić information content (AvgIpc) is 2.26. The van der Waals surface area contributed by atoms with Crippen LogP contribution in [0, 0.1) is 0 Å². The van der Waals surface area contributed by atoms with E-state index < -0.39 is 0 Å². The van der Waals surface area contributed by atoms with Crippen molar-refractivity contribution >= 4 is 32.9 Å². The number of benzene rings is 3. The molecule has 0 unspecified atom stereocenters. The van der Waals surface area contributed by atoms with Gasteiger partial charge in [-0.25, -0.2) is 0 Å². The summed E-state index contributed by atoms with van der Waals surface area (Å²) in [5.41, 5.74) is 16.2. The summed E-state index contributed by atoms with van der Waals surface area (Å²) in [7, 11) is 0. The van der Waals surface area contributed by atoms with E-state index in [1.54, 1.807) is 12.1 Å². The Morgan fingerprint density at radius 2 is 0.938 bits per heavy atom. The van der Waals surface area contributed by atoms with Gasteiger partial charge in [0.15, 0.2) is 0 Å². The summed E-state index contributed by atoms with van der Waals surface area (Å²) in [6.45, 7) is 0. The van der Waals surface area contributed by atoms with Gasteiger partial charge in [0.25, 0.3) is 0 Å². The first-order chi connectivity index (χ1) is 7.72. The monoisotopic (exact) mass is 206 g/mol. The molecule has 0 saturated carbocycles. The zero-order valence-electron chi connectivity index (χ0n) is 8.62. The van der Waals surface area contributed by atoms with Gasteiger partial charge in [0.1, 0.15) is 0 Å². The second kappa shape index (κ2) is 3.14. The van der Waals surface area contributed by atoms with Crippen molar-refractivity contribution in [3.63, 3.8) is 0 Å². The van der Waals surface area contributed by atoms with Crippen LogP contribution in [-0.2, 0) is 0 Å².